The van der Waals surface area contributed by atoms with E-state index in [1.54, 1.807) is 12.1 Å². The molecule has 2 aromatic rings. The predicted octanol–water partition coefficient (Wildman–Crippen LogP) is 2.85. The fourth-order valence-corrected chi connectivity index (χ4v) is 3.19. The predicted molar refractivity (Wildman–Crippen MR) is 85.6 cm³/mol. The van der Waals surface area contributed by atoms with Crippen LogP contribution in [0, 0.1) is 21.4 Å². The number of nitro benzene ring substituents is 1. The van der Waals surface area contributed by atoms with Gasteiger partial charge in [0.25, 0.3) is 5.69 Å². The molecule has 1 heterocycles. The lowest BCUT2D eigenvalue weighted by molar-refractivity contribution is -0.384. The summed E-state index contributed by atoms with van der Waals surface area (Å²) in [5, 5.41) is 20.9. The van der Waals surface area contributed by atoms with E-state index in [0.29, 0.717) is 21.4 Å². The molecule has 2 rings (SSSR count). The van der Waals surface area contributed by atoms with Gasteiger partial charge >= 0.3 is 0 Å². The van der Waals surface area contributed by atoms with Crippen molar-refractivity contribution in [1.29, 1.82) is 5.26 Å². The molecule has 7 nitrogen and oxygen atoms in total. The van der Waals surface area contributed by atoms with Crippen molar-refractivity contribution in [1.82, 2.24) is 9.97 Å². The van der Waals surface area contributed by atoms with E-state index >= 15 is 0 Å². The molecule has 0 radical (unpaired) electrons. The number of nitrogen functional groups attached to an aromatic ring is 1. The monoisotopic (exact) mass is 333 g/mol. The first kappa shape index (κ1) is 16.1. The van der Waals surface area contributed by atoms with Crippen molar-refractivity contribution in [2.24, 2.45) is 0 Å². The van der Waals surface area contributed by atoms with E-state index in [9.17, 15) is 15.4 Å². The summed E-state index contributed by atoms with van der Waals surface area (Å²) in [5.41, 5.74) is 6.98. The normalized spacial score (nSPS) is 10.2. The molecule has 0 amide bonds. The minimum absolute atomic E-state index is 0.0439. The summed E-state index contributed by atoms with van der Waals surface area (Å²) in [6.45, 7) is 0. The molecule has 0 aliphatic carbocycles. The van der Waals surface area contributed by atoms with Crippen LogP contribution in [0.3, 0.4) is 0 Å². The highest BCUT2D eigenvalue weighted by Crippen LogP contribution is 2.30. The number of thioether (sulfide) groups is 2. The Hall–Kier alpha value is -2.31. The lowest BCUT2D eigenvalue weighted by Gasteiger charge is -2.07. The van der Waals surface area contributed by atoms with Crippen molar-refractivity contribution in [3.63, 3.8) is 0 Å². The molecule has 2 N–H and O–H groups in total. The molecule has 1 aromatic heterocycles. The minimum atomic E-state index is -0.444. The van der Waals surface area contributed by atoms with Crippen molar-refractivity contribution in [3.8, 4) is 6.07 Å². The number of hydrogen-bond donors (Lipinski definition) is 1. The summed E-state index contributed by atoms with van der Waals surface area (Å²) in [6, 6.07) is 8.34. The van der Waals surface area contributed by atoms with Crippen molar-refractivity contribution in [2.75, 3.05) is 12.0 Å². The van der Waals surface area contributed by atoms with Gasteiger partial charge in [-0.1, -0.05) is 12.1 Å². The van der Waals surface area contributed by atoms with E-state index in [0.717, 1.165) is 5.56 Å². The quantitative estimate of drug-likeness (QED) is 0.384. The molecule has 22 heavy (non-hydrogen) atoms. The van der Waals surface area contributed by atoms with Crippen LogP contribution in [-0.2, 0) is 5.75 Å². The van der Waals surface area contributed by atoms with Crippen LogP contribution in [0.5, 0.6) is 0 Å². The Labute approximate surface area is 135 Å². The highest BCUT2D eigenvalue weighted by Gasteiger charge is 2.13. The van der Waals surface area contributed by atoms with Gasteiger partial charge in [-0.3, -0.25) is 10.1 Å². The fraction of sp³-hybridized carbons (Fsp3) is 0.154. The summed E-state index contributed by atoms with van der Waals surface area (Å²) in [6.07, 6.45) is 1.81. The molecule has 1 aromatic carbocycles. The molecule has 0 fully saturated rings. The zero-order valence-corrected chi connectivity index (χ0v) is 13.1. The number of nitriles is 1. The van der Waals surface area contributed by atoms with E-state index in [1.165, 1.54) is 35.7 Å². The van der Waals surface area contributed by atoms with Crippen LogP contribution in [-0.4, -0.2) is 21.1 Å². The molecule has 0 saturated carbocycles. The molecule has 0 unspecified atom stereocenters. The molecule has 0 atom stereocenters. The maximum atomic E-state index is 10.6. The smallest absolute Gasteiger partial charge is 0.269 e. The summed E-state index contributed by atoms with van der Waals surface area (Å²) < 4.78 is 0. The molecular weight excluding hydrogens is 322 g/mol. The molecule has 0 aliphatic rings. The van der Waals surface area contributed by atoms with Crippen molar-refractivity contribution >= 4 is 35.2 Å². The first-order valence-electron chi connectivity index (χ1n) is 6.03. The molecule has 9 heteroatoms. The van der Waals surface area contributed by atoms with Crippen molar-refractivity contribution < 1.29 is 4.92 Å². The van der Waals surface area contributed by atoms with Gasteiger partial charge in [-0.05, 0) is 11.8 Å². The second kappa shape index (κ2) is 7.11. The summed E-state index contributed by atoms with van der Waals surface area (Å²) >= 11 is 2.68. The van der Waals surface area contributed by atoms with Gasteiger partial charge in [-0.2, -0.15) is 5.26 Å². The van der Waals surface area contributed by atoms with E-state index in [2.05, 4.69) is 16.0 Å². The number of nitrogens with zero attached hydrogens (tertiary/aromatic N) is 4. The van der Waals surface area contributed by atoms with Crippen LogP contribution in [0.4, 0.5) is 11.6 Å². The van der Waals surface area contributed by atoms with Crippen LogP contribution in [0.15, 0.2) is 34.3 Å². The first-order valence-corrected chi connectivity index (χ1v) is 8.24. The Morgan fingerprint density at radius 2 is 1.95 bits per heavy atom. The molecular formula is C13H11N5O2S2. The Balaban J connectivity index is 2.19. The standard InChI is InChI=1S/C13H11N5O2S2/c1-21-11-10(6-14)12(17-13(15)16-11)22-7-8-2-4-9(5-3-8)18(19)20/h2-5H,7H2,1H3,(H2,15,16,17). The van der Waals surface area contributed by atoms with E-state index in [4.69, 9.17) is 5.73 Å². The third-order valence-corrected chi connectivity index (χ3v) is 4.42. The highest BCUT2D eigenvalue weighted by molar-refractivity contribution is 7.99. The van der Waals surface area contributed by atoms with Gasteiger partial charge in [0.15, 0.2) is 0 Å². The molecule has 0 saturated heterocycles. The number of nitrogens with two attached hydrogens (primary N) is 1. The topological polar surface area (TPSA) is 119 Å². The van der Waals surface area contributed by atoms with Crippen LogP contribution < -0.4 is 5.73 Å². The second-order valence-electron chi connectivity index (χ2n) is 4.10. The average molecular weight is 333 g/mol. The van der Waals surface area contributed by atoms with E-state index in [1.807, 2.05) is 6.26 Å². The SMILES string of the molecule is CSc1nc(N)nc(SCc2ccc([N+](=O)[O-])cc2)c1C#N. The van der Waals surface area contributed by atoms with E-state index < -0.39 is 4.92 Å². The molecule has 0 bridgehead atoms. The van der Waals surface area contributed by atoms with Crippen LogP contribution >= 0.6 is 23.5 Å². The van der Waals surface area contributed by atoms with Gasteiger partial charge < -0.3 is 5.73 Å². The Morgan fingerprint density at radius 3 is 2.50 bits per heavy atom. The van der Waals surface area contributed by atoms with Gasteiger partial charge in [0, 0.05) is 17.9 Å². The number of rotatable bonds is 5. The van der Waals surface area contributed by atoms with Gasteiger partial charge in [-0.25, -0.2) is 9.97 Å². The average Bonchev–Trinajstić information content (AvgIpc) is 2.52. The number of benzene rings is 1. The maximum Gasteiger partial charge on any atom is 0.269 e. The summed E-state index contributed by atoms with van der Waals surface area (Å²) in [7, 11) is 0. The zero-order valence-electron chi connectivity index (χ0n) is 11.5. The first-order chi connectivity index (χ1) is 10.5. The largest absolute Gasteiger partial charge is 0.368 e. The van der Waals surface area contributed by atoms with Crippen LogP contribution in [0.2, 0.25) is 0 Å². The van der Waals surface area contributed by atoms with Crippen LogP contribution in [0.25, 0.3) is 0 Å². The lowest BCUT2D eigenvalue weighted by atomic mass is 10.2. The molecule has 0 aliphatic heterocycles. The van der Waals surface area contributed by atoms with E-state index in [-0.39, 0.29) is 11.6 Å². The molecule has 112 valence electrons. The lowest BCUT2D eigenvalue weighted by Crippen LogP contribution is -2.01. The Morgan fingerprint density at radius 1 is 1.32 bits per heavy atom. The van der Waals surface area contributed by atoms with Gasteiger partial charge in [0.05, 0.1) is 4.92 Å². The number of aromatic nitrogens is 2. The highest BCUT2D eigenvalue weighted by atomic mass is 32.2. The summed E-state index contributed by atoms with van der Waals surface area (Å²) in [4.78, 5) is 18.3. The van der Waals surface area contributed by atoms with Gasteiger partial charge in [0.2, 0.25) is 5.95 Å². The Kier molecular flexibility index (Phi) is 5.19. The van der Waals surface area contributed by atoms with Crippen molar-refractivity contribution in [3.05, 3.63) is 45.5 Å². The second-order valence-corrected chi connectivity index (χ2v) is 5.85. The number of hydrogen-bond acceptors (Lipinski definition) is 8. The Bertz CT molecular complexity index is 743. The van der Waals surface area contributed by atoms with Crippen LogP contribution in [0.1, 0.15) is 11.1 Å². The fourth-order valence-electron chi connectivity index (χ4n) is 1.65. The zero-order chi connectivity index (χ0) is 16.1. The molecule has 0 spiro atoms. The third-order valence-electron chi connectivity index (χ3n) is 2.69. The number of non-ortho nitro benzene ring substituents is 1. The van der Waals surface area contributed by atoms with Crippen molar-refractivity contribution in [2.45, 2.75) is 15.8 Å². The van der Waals surface area contributed by atoms with Gasteiger partial charge in [0.1, 0.15) is 21.7 Å². The minimum Gasteiger partial charge on any atom is -0.368 e. The number of nitro groups is 1. The summed E-state index contributed by atoms with van der Waals surface area (Å²) in [5.74, 6) is 0.645. The van der Waals surface area contributed by atoms with Gasteiger partial charge in [-0.15, -0.1) is 23.5 Å². The maximum absolute atomic E-state index is 10.6. The number of anilines is 1. The third kappa shape index (κ3) is 3.66.